The van der Waals surface area contributed by atoms with E-state index in [1.165, 1.54) is 7.11 Å². The highest BCUT2D eigenvalue weighted by Gasteiger charge is 2.62. The van der Waals surface area contributed by atoms with Gasteiger partial charge in [0.25, 0.3) is 5.91 Å². The van der Waals surface area contributed by atoms with Crippen LogP contribution in [0.25, 0.3) is 0 Å². The molecule has 0 bridgehead atoms. The number of ether oxygens (including phenoxy) is 6. The summed E-state index contributed by atoms with van der Waals surface area (Å²) in [5.41, 5.74) is 0.435. The molecule has 9 heteroatoms. The summed E-state index contributed by atoms with van der Waals surface area (Å²) >= 11 is 6.05. The lowest BCUT2D eigenvalue weighted by molar-refractivity contribution is -0.229. The Kier molecular flexibility index (Phi) is 4.85. The lowest BCUT2D eigenvalue weighted by atomic mass is 9.98. The first-order chi connectivity index (χ1) is 13.1. The molecule has 4 rings (SSSR count). The number of carbonyl (C=O) groups is 1. The second-order valence-corrected chi connectivity index (χ2v) is 8.36. The van der Waals surface area contributed by atoms with E-state index in [2.05, 4.69) is 5.32 Å². The van der Waals surface area contributed by atoms with Gasteiger partial charge in [-0.2, -0.15) is 0 Å². The Morgan fingerprint density at radius 3 is 2.39 bits per heavy atom. The van der Waals surface area contributed by atoms with Crippen molar-refractivity contribution in [3.8, 4) is 5.75 Å². The van der Waals surface area contributed by atoms with E-state index >= 15 is 0 Å². The Balaban J connectivity index is 1.60. The van der Waals surface area contributed by atoms with Gasteiger partial charge in [-0.25, -0.2) is 0 Å². The fourth-order valence-corrected chi connectivity index (χ4v) is 3.98. The van der Waals surface area contributed by atoms with Crippen molar-refractivity contribution in [1.82, 2.24) is 0 Å². The number of nitrogens with one attached hydrogen (secondary N) is 1. The van der Waals surface area contributed by atoms with E-state index in [-0.39, 0.29) is 0 Å². The number of halogens is 1. The molecule has 1 N–H and O–H groups in total. The molecule has 3 aliphatic rings. The molecule has 3 fully saturated rings. The maximum Gasteiger partial charge on any atom is 0.256 e. The van der Waals surface area contributed by atoms with E-state index in [0.717, 1.165) is 0 Å². The van der Waals surface area contributed by atoms with E-state index in [0.29, 0.717) is 16.5 Å². The highest BCUT2D eigenvalue weighted by molar-refractivity contribution is 6.31. The molecular formula is C19H24ClNO7. The number of amides is 1. The third-order valence-corrected chi connectivity index (χ3v) is 5.07. The minimum absolute atomic E-state index is 0.413. The molecule has 0 aromatic heterocycles. The monoisotopic (exact) mass is 413 g/mol. The molecule has 3 heterocycles. The minimum Gasteiger partial charge on any atom is -0.495 e. The predicted molar refractivity (Wildman–Crippen MR) is 99.2 cm³/mol. The van der Waals surface area contributed by atoms with Gasteiger partial charge < -0.3 is 33.7 Å². The second-order valence-electron chi connectivity index (χ2n) is 7.92. The van der Waals surface area contributed by atoms with E-state index in [1.807, 2.05) is 0 Å². The van der Waals surface area contributed by atoms with Crippen molar-refractivity contribution in [3.05, 3.63) is 23.2 Å². The zero-order valence-corrected chi connectivity index (χ0v) is 17.1. The van der Waals surface area contributed by atoms with Gasteiger partial charge in [0.1, 0.15) is 24.1 Å². The first kappa shape index (κ1) is 19.9. The zero-order chi connectivity index (χ0) is 20.3. The highest BCUT2D eigenvalue weighted by atomic mass is 35.5. The summed E-state index contributed by atoms with van der Waals surface area (Å²) in [5, 5.41) is 3.27. The van der Waals surface area contributed by atoms with E-state index in [4.69, 9.17) is 40.0 Å². The molecule has 0 spiro atoms. The summed E-state index contributed by atoms with van der Waals surface area (Å²) in [6.45, 7) is 7.15. The number of carbonyl (C=O) groups excluding carboxylic acids is 1. The molecule has 5 atom stereocenters. The number of anilines is 1. The quantitative estimate of drug-likeness (QED) is 0.815. The van der Waals surface area contributed by atoms with Crippen LogP contribution in [0.5, 0.6) is 5.75 Å². The van der Waals surface area contributed by atoms with Crippen molar-refractivity contribution in [1.29, 1.82) is 0 Å². The first-order valence-corrected chi connectivity index (χ1v) is 9.47. The standard InChI is InChI=1S/C19H24ClNO7/c1-18(2)25-12-13(26-18)15-17(28-19(3,4)27-15)24-14(12)16(22)21-10-8-9(20)6-7-11(10)23-5/h6-8,12-15,17H,1-5H3,(H,21,22)/t12-,13+,14+,15+,17+/m0/s1. The Labute approximate surface area is 168 Å². The van der Waals surface area contributed by atoms with E-state index < -0.39 is 48.2 Å². The van der Waals surface area contributed by atoms with Crippen LogP contribution in [0.3, 0.4) is 0 Å². The maximum atomic E-state index is 13.1. The van der Waals surface area contributed by atoms with Gasteiger partial charge in [-0.05, 0) is 45.9 Å². The number of rotatable bonds is 3. The van der Waals surface area contributed by atoms with E-state index in [9.17, 15) is 4.79 Å². The molecule has 8 nitrogen and oxygen atoms in total. The van der Waals surface area contributed by atoms with Crippen LogP contribution < -0.4 is 10.1 Å². The number of hydrogen-bond acceptors (Lipinski definition) is 7. The fourth-order valence-electron chi connectivity index (χ4n) is 3.81. The van der Waals surface area contributed by atoms with Gasteiger partial charge in [-0.3, -0.25) is 4.79 Å². The Morgan fingerprint density at radius 2 is 1.68 bits per heavy atom. The van der Waals surface area contributed by atoms with Gasteiger partial charge in [0.15, 0.2) is 24.0 Å². The molecule has 0 aliphatic carbocycles. The fraction of sp³-hybridized carbons (Fsp3) is 0.632. The molecule has 0 unspecified atom stereocenters. The topological polar surface area (TPSA) is 84.5 Å². The average molecular weight is 414 g/mol. The van der Waals surface area contributed by atoms with Crippen LogP contribution in [-0.4, -0.2) is 55.3 Å². The highest BCUT2D eigenvalue weighted by Crippen LogP contribution is 2.44. The molecule has 3 aliphatic heterocycles. The van der Waals surface area contributed by atoms with Gasteiger partial charge in [-0.1, -0.05) is 11.6 Å². The molecule has 0 saturated carbocycles. The summed E-state index contributed by atoms with van der Waals surface area (Å²) in [6.07, 6.45) is -3.36. The number of benzene rings is 1. The number of methoxy groups -OCH3 is 1. The molecule has 1 amide bonds. The van der Waals surface area contributed by atoms with Crippen molar-refractivity contribution in [2.75, 3.05) is 12.4 Å². The van der Waals surface area contributed by atoms with Crippen molar-refractivity contribution >= 4 is 23.2 Å². The third-order valence-electron chi connectivity index (χ3n) is 4.83. The van der Waals surface area contributed by atoms with Crippen molar-refractivity contribution in [2.24, 2.45) is 0 Å². The summed E-state index contributed by atoms with van der Waals surface area (Å²) in [5.74, 6) is -1.66. The molecular weight excluding hydrogens is 390 g/mol. The molecule has 154 valence electrons. The van der Waals surface area contributed by atoms with Crippen LogP contribution in [-0.2, 0) is 28.5 Å². The van der Waals surface area contributed by atoms with Gasteiger partial charge in [-0.15, -0.1) is 0 Å². The molecule has 28 heavy (non-hydrogen) atoms. The molecule has 0 radical (unpaired) electrons. The van der Waals surface area contributed by atoms with Crippen LogP contribution in [0.4, 0.5) is 5.69 Å². The molecule has 1 aromatic rings. The van der Waals surface area contributed by atoms with Crippen molar-refractivity contribution in [3.63, 3.8) is 0 Å². The lowest BCUT2D eigenvalue weighted by Gasteiger charge is -2.36. The van der Waals surface area contributed by atoms with E-state index in [1.54, 1.807) is 45.9 Å². The largest absolute Gasteiger partial charge is 0.495 e. The van der Waals surface area contributed by atoms with Crippen LogP contribution in [0, 0.1) is 0 Å². The first-order valence-electron chi connectivity index (χ1n) is 9.10. The molecule has 3 saturated heterocycles. The SMILES string of the molecule is COc1ccc(Cl)cc1NC(=O)[C@@H]1O[C@@H]2OC(C)(C)O[C@@H]2[C@@H]2OC(C)(C)O[C@@H]21. The summed E-state index contributed by atoms with van der Waals surface area (Å²) < 4.78 is 35.0. The average Bonchev–Trinajstić information content (AvgIpc) is 3.08. The summed E-state index contributed by atoms with van der Waals surface area (Å²) in [6, 6.07) is 4.96. The van der Waals surface area contributed by atoms with Gasteiger partial charge in [0.05, 0.1) is 12.8 Å². The van der Waals surface area contributed by atoms with Crippen LogP contribution in [0.2, 0.25) is 5.02 Å². The van der Waals surface area contributed by atoms with Gasteiger partial charge >= 0.3 is 0 Å². The van der Waals surface area contributed by atoms with Crippen molar-refractivity contribution < 1.29 is 33.2 Å². The van der Waals surface area contributed by atoms with Gasteiger partial charge in [0.2, 0.25) is 0 Å². The maximum absolute atomic E-state index is 13.1. The predicted octanol–water partition coefficient (Wildman–Crippen LogP) is 2.68. The summed E-state index contributed by atoms with van der Waals surface area (Å²) in [4.78, 5) is 13.1. The minimum atomic E-state index is -0.964. The molecule has 1 aromatic carbocycles. The van der Waals surface area contributed by atoms with Crippen LogP contribution in [0.1, 0.15) is 27.7 Å². The van der Waals surface area contributed by atoms with Crippen molar-refractivity contribution in [2.45, 2.75) is 70.0 Å². The van der Waals surface area contributed by atoms with Crippen LogP contribution >= 0.6 is 11.6 Å². The summed E-state index contributed by atoms with van der Waals surface area (Å²) in [7, 11) is 1.51. The smallest absolute Gasteiger partial charge is 0.256 e. The van der Waals surface area contributed by atoms with Crippen LogP contribution in [0.15, 0.2) is 18.2 Å². The Morgan fingerprint density at radius 1 is 1.04 bits per heavy atom. The lowest BCUT2D eigenvalue weighted by Crippen LogP contribution is -2.58. The Bertz CT molecular complexity index is 784. The Hall–Kier alpha value is -1.42. The zero-order valence-electron chi connectivity index (χ0n) is 16.4. The second kappa shape index (κ2) is 6.83. The van der Waals surface area contributed by atoms with Gasteiger partial charge in [0, 0.05) is 5.02 Å². The number of fused-ring (bicyclic) bond motifs is 3. The third kappa shape index (κ3) is 3.60. The normalized spacial score (nSPS) is 35.1. The number of hydrogen-bond donors (Lipinski definition) is 1.